The Morgan fingerprint density at radius 2 is 1.94 bits per heavy atom. The second kappa shape index (κ2) is 5.80. The molecule has 6 heteroatoms. The molecule has 1 rings (SSSR count). The summed E-state index contributed by atoms with van der Waals surface area (Å²) in [6.07, 6.45) is -1.07. The molecule has 0 amide bonds. The third kappa shape index (κ3) is 4.64. The van der Waals surface area contributed by atoms with Gasteiger partial charge in [0.05, 0.1) is 12.3 Å². The molecule has 4 nitrogen and oxygen atoms in total. The van der Waals surface area contributed by atoms with Crippen LogP contribution in [0.15, 0.2) is 24.3 Å². The zero-order valence-electron chi connectivity index (χ0n) is 8.71. The monoisotopic (exact) mass is 263 g/mol. The van der Waals surface area contributed by atoms with E-state index in [0.29, 0.717) is 5.02 Å². The Labute approximate surface area is 99.5 Å². The van der Waals surface area contributed by atoms with Crippen LogP contribution in [-0.2, 0) is 10.7 Å². The first-order valence-corrected chi connectivity index (χ1v) is 7.27. The number of halogens is 1. The van der Waals surface area contributed by atoms with E-state index in [4.69, 9.17) is 17.3 Å². The maximum atomic E-state index is 11.7. The Bertz CT molecular complexity index is 382. The molecule has 0 saturated heterocycles. The van der Waals surface area contributed by atoms with Gasteiger partial charge in [0, 0.05) is 17.7 Å². The third-order valence-electron chi connectivity index (χ3n) is 2.11. The summed E-state index contributed by atoms with van der Waals surface area (Å²) in [6.45, 7) is -0.00876. The first-order valence-electron chi connectivity index (χ1n) is 4.86. The summed E-state index contributed by atoms with van der Waals surface area (Å²) in [5.74, 6) is 0. The minimum absolute atomic E-state index is 0.00876. The van der Waals surface area contributed by atoms with Crippen LogP contribution in [-0.4, -0.2) is 28.8 Å². The minimum Gasteiger partial charge on any atom is -0.391 e. The molecule has 0 radical (unpaired) electrons. The summed E-state index contributed by atoms with van der Waals surface area (Å²) < 4.78 is 11.7. The highest BCUT2D eigenvalue weighted by atomic mass is 35.5. The summed E-state index contributed by atoms with van der Waals surface area (Å²) in [4.78, 5) is 9.65. The van der Waals surface area contributed by atoms with E-state index in [1.807, 2.05) is 0 Å². The lowest BCUT2D eigenvalue weighted by Gasteiger charge is -2.14. The van der Waals surface area contributed by atoms with E-state index in [1.165, 1.54) is 0 Å². The van der Waals surface area contributed by atoms with Gasteiger partial charge in [0.15, 0.2) is 0 Å². The van der Waals surface area contributed by atoms with Crippen molar-refractivity contribution >= 4 is 19.0 Å². The summed E-state index contributed by atoms with van der Waals surface area (Å²) in [6, 6.07) is 6.71. The van der Waals surface area contributed by atoms with E-state index in [1.54, 1.807) is 24.3 Å². The van der Waals surface area contributed by atoms with Gasteiger partial charge in [0.25, 0.3) is 0 Å². The molecule has 0 spiro atoms. The molecule has 1 aromatic carbocycles. The molecule has 0 aromatic heterocycles. The summed E-state index contributed by atoms with van der Waals surface area (Å²) >= 11 is 5.70. The van der Waals surface area contributed by atoms with Crippen molar-refractivity contribution in [3.8, 4) is 0 Å². The van der Waals surface area contributed by atoms with Gasteiger partial charge in [-0.2, -0.15) is 0 Å². The lowest BCUT2D eigenvalue weighted by atomic mass is 10.2. The van der Waals surface area contributed by atoms with Crippen LogP contribution in [0.4, 0.5) is 0 Å². The van der Waals surface area contributed by atoms with Crippen molar-refractivity contribution in [3.63, 3.8) is 0 Å². The highest BCUT2D eigenvalue weighted by Gasteiger charge is 2.22. The van der Waals surface area contributed by atoms with Gasteiger partial charge >= 0.3 is 0 Å². The maximum absolute atomic E-state index is 11.7. The van der Waals surface area contributed by atoms with Crippen LogP contribution in [0.3, 0.4) is 0 Å². The Morgan fingerprint density at radius 3 is 2.44 bits per heavy atom. The fourth-order valence-electron chi connectivity index (χ4n) is 1.34. The normalized spacial score (nSPS) is 16.8. The Kier molecular flexibility index (Phi) is 4.96. The van der Waals surface area contributed by atoms with Gasteiger partial charge in [-0.15, -0.1) is 0 Å². The zero-order valence-corrected chi connectivity index (χ0v) is 10.4. The summed E-state index contributed by atoms with van der Waals surface area (Å²) in [5, 5.41) is 9.82. The fraction of sp³-hybridized carbons (Fsp3) is 0.400. The van der Waals surface area contributed by atoms with Gasteiger partial charge in [-0.1, -0.05) is 23.7 Å². The van der Waals surface area contributed by atoms with Crippen molar-refractivity contribution in [1.29, 1.82) is 0 Å². The molecule has 0 heterocycles. The number of aliphatic hydroxyl groups is 1. The highest BCUT2D eigenvalue weighted by molar-refractivity contribution is 7.57. The standard InChI is InChI=1S/C10H15ClNO3P/c11-9-3-1-8(2-4-9)6-16(14,15)7-10(13)5-12/h1-4,10,13H,5-7,12H2,(H,14,15)/t10-/m1/s1. The predicted octanol–water partition coefficient (Wildman–Crippen LogP) is 1.43. The van der Waals surface area contributed by atoms with Gasteiger partial charge < -0.3 is 15.7 Å². The molecule has 0 fully saturated rings. The molecular formula is C10H15ClNO3P. The lowest BCUT2D eigenvalue weighted by Crippen LogP contribution is -2.23. The van der Waals surface area contributed by atoms with Crippen molar-refractivity contribution in [2.24, 2.45) is 5.73 Å². The van der Waals surface area contributed by atoms with Crippen molar-refractivity contribution in [2.75, 3.05) is 12.7 Å². The molecule has 0 aliphatic rings. The molecular weight excluding hydrogens is 249 g/mol. The molecule has 90 valence electrons. The number of hydrogen-bond acceptors (Lipinski definition) is 3. The SMILES string of the molecule is NC[C@@H](O)CP(=O)(O)Cc1ccc(Cl)cc1. The van der Waals surface area contributed by atoms with Crippen LogP contribution in [0, 0.1) is 0 Å². The second-order valence-corrected chi connectivity index (χ2v) is 6.51. The van der Waals surface area contributed by atoms with Gasteiger partial charge in [-0.3, -0.25) is 4.57 Å². The van der Waals surface area contributed by atoms with Crippen LogP contribution in [0.2, 0.25) is 5.02 Å². The molecule has 0 bridgehead atoms. The highest BCUT2D eigenvalue weighted by Crippen LogP contribution is 2.44. The van der Waals surface area contributed by atoms with Gasteiger partial charge in [0.2, 0.25) is 7.37 Å². The first kappa shape index (κ1) is 13.7. The van der Waals surface area contributed by atoms with Crippen LogP contribution < -0.4 is 5.73 Å². The van der Waals surface area contributed by atoms with Crippen LogP contribution >= 0.6 is 19.0 Å². The fourth-order valence-corrected chi connectivity index (χ4v) is 3.19. The van der Waals surface area contributed by atoms with Gasteiger partial charge in [0.1, 0.15) is 0 Å². The summed E-state index contributed by atoms with van der Waals surface area (Å²) in [7, 11) is -3.38. The number of rotatable bonds is 5. The molecule has 1 aromatic rings. The smallest absolute Gasteiger partial charge is 0.207 e. The van der Waals surface area contributed by atoms with Crippen molar-refractivity contribution < 1.29 is 14.6 Å². The number of aliphatic hydroxyl groups excluding tert-OH is 1. The van der Waals surface area contributed by atoms with E-state index in [9.17, 15) is 14.6 Å². The van der Waals surface area contributed by atoms with E-state index < -0.39 is 13.5 Å². The predicted molar refractivity (Wildman–Crippen MR) is 64.9 cm³/mol. The van der Waals surface area contributed by atoms with E-state index in [0.717, 1.165) is 5.56 Å². The Balaban J connectivity index is 2.65. The zero-order chi connectivity index (χ0) is 12.2. The number of nitrogens with two attached hydrogens (primary N) is 1. The average molecular weight is 264 g/mol. The molecule has 0 aliphatic carbocycles. The van der Waals surface area contributed by atoms with E-state index in [-0.39, 0.29) is 18.9 Å². The molecule has 2 atom stereocenters. The summed E-state index contributed by atoms with van der Waals surface area (Å²) in [5.41, 5.74) is 5.91. The van der Waals surface area contributed by atoms with Crippen molar-refractivity contribution in [1.82, 2.24) is 0 Å². The molecule has 4 N–H and O–H groups in total. The van der Waals surface area contributed by atoms with E-state index >= 15 is 0 Å². The van der Waals surface area contributed by atoms with Crippen LogP contribution in [0.25, 0.3) is 0 Å². The Hall–Kier alpha value is -0.380. The average Bonchev–Trinajstić information content (AvgIpc) is 2.20. The number of hydrogen-bond donors (Lipinski definition) is 3. The van der Waals surface area contributed by atoms with Crippen LogP contribution in [0.1, 0.15) is 5.56 Å². The van der Waals surface area contributed by atoms with Gasteiger partial charge in [-0.05, 0) is 17.7 Å². The van der Waals surface area contributed by atoms with Gasteiger partial charge in [-0.25, -0.2) is 0 Å². The minimum atomic E-state index is -3.38. The lowest BCUT2D eigenvalue weighted by molar-refractivity contribution is 0.202. The van der Waals surface area contributed by atoms with E-state index in [2.05, 4.69) is 0 Å². The number of benzene rings is 1. The largest absolute Gasteiger partial charge is 0.391 e. The molecule has 0 aliphatic heterocycles. The molecule has 16 heavy (non-hydrogen) atoms. The van der Waals surface area contributed by atoms with Crippen molar-refractivity contribution in [3.05, 3.63) is 34.9 Å². The second-order valence-electron chi connectivity index (χ2n) is 3.70. The first-order chi connectivity index (χ1) is 7.43. The quantitative estimate of drug-likeness (QED) is 0.702. The third-order valence-corrected chi connectivity index (χ3v) is 4.21. The van der Waals surface area contributed by atoms with Crippen molar-refractivity contribution in [2.45, 2.75) is 12.3 Å². The Morgan fingerprint density at radius 1 is 1.38 bits per heavy atom. The molecule has 1 unspecified atom stereocenters. The topological polar surface area (TPSA) is 83.5 Å². The van der Waals surface area contributed by atoms with Crippen LogP contribution in [0.5, 0.6) is 0 Å². The maximum Gasteiger partial charge on any atom is 0.207 e. The molecule has 0 saturated carbocycles.